The number of halogens is 2. The first-order valence-electron chi connectivity index (χ1n) is 4.53. The van der Waals surface area contributed by atoms with Crippen LogP contribution >= 0.6 is 15.9 Å². The van der Waals surface area contributed by atoms with E-state index in [-0.39, 0.29) is 11.9 Å². The SMILES string of the molecule is CC[C@H](N)[C@@H](N)c1cccc(Br)c1F. The highest BCUT2D eigenvalue weighted by Gasteiger charge is 2.18. The van der Waals surface area contributed by atoms with Crippen molar-refractivity contribution in [2.45, 2.75) is 25.4 Å². The van der Waals surface area contributed by atoms with Crippen molar-refractivity contribution in [2.75, 3.05) is 0 Å². The quantitative estimate of drug-likeness (QED) is 0.877. The van der Waals surface area contributed by atoms with Gasteiger partial charge >= 0.3 is 0 Å². The molecule has 0 spiro atoms. The minimum atomic E-state index is -0.447. The molecule has 1 aromatic carbocycles. The van der Waals surface area contributed by atoms with E-state index < -0.39 is 6.04 Å². The number of nitrogens with two attached hydrogens (primary N) is 2. The highest BCUT2D eigenvalue weighted by molar-refractivity contribution is 9.10. The molecule has 0 aromatic heterocycles. The van der Waals surface area contributed by atoms with Crippen molar-refractivity contribution in [1.29, 1.82) is 0 Å². The summed E-state index contributed by atoms with van der Waals surface area (Å²) in [6.07, 6.45) is 0.729. The Balaban J connectivity index is 3.01. The molecule has 0 saturated heterocycles. The van der Waals surface area contributed by atoms with Crippen LogP contribution in [0.4, 0.5) is 4.39 Å². The lowest BCUT2D eigenvalue weighted by Crippen LogP contribution is -2.34. The van der Waals surface area contributed by atoms with Crippen LogP contribution in [-0.2, 0) is 0 Å². The molecule has 0 heterocycles. The van der Waals surface area contributed by atoms with Crippen LogP contribution < -0.4 is 11.5 Å². The topological polar surface area (TPSA) is 52.0 Å². The Morgan fingerprint density at radius 1 is 1.43 bits per heavy atom. The first-order chi connectivity index (χ1) is 6.57. The summed E-state index contributed by atoms with van der Waals surface area (Å²) in [7, 11) is 0. The van der Waals surface area contributed by atoms with E-state index >= 15 is 0 Å². The molecule has 2 atom stereocenters. The van der Waals surface area contributed by atoms with E-state index in [0.29, 0.717) is 10.0 Å². The lowest BCUT2D eigenvalue weighted by molar-refractivity contribution is 0.500. The van der Waals surface area contributed by atoms with Gasteiger partial charge in [-0.1, -0.05) is 19.1 Å². The molecule has 1 aromatic rings. The normalized spacial score (nSPS) is 15.2. The van der Waals surface area contributed by atoms with E-state index in [1.54, 1.807) is 18.2 Å². The summed E-state index contributed by atoms with van der Waals surface area (Å²) in [6.45, 7) is 1.93. The molecule has 0 saturated carbocycles. The van der Waals surface area contributed by atoms with Crippen LogP contribution in [-0.4, -0.2) is 6.04 Å². The van der Waals surface area contributed by atoms with Gasteiger partial charge in [-0.3, -0.25) is 0 Å². The van der Waals surface area contributed by atoms with Gasteiger partial charge in [-0.2, -0.15) is 0 Å². The van der Waals surface area contributed by atoms with Gasteiger partial charge in [0.25, 0.3) is 0 Å². The average Bonchev–Trinajstić information content (AvgIpc) is 2.20. The monoisotopic (exact) mass is 260 g/mol. The fourth-order valence-corrected chi connectivity index (χ4v) is 1.64. The average molecular weight is 261 g/mol. The Morgan fingerprint density at radius 3 is 2.64 bits per heavy atom. The standard InChI is InChI=1S/C10H14BrFN2/c1-2-8(13)10(14)6-4-3-5-7(11)9(6)12/h3-5,8,10H,2,13-14H2,1H3/t8-,10-/m0/s1. The van der Waals surface area contributed by atoms with Crippen molar-refractivity contribution in [1.82, 2.24) is 0 Å². The lowest BCUT2D eigenvalue weighted by Gasteiger charge is -2.19. The van der Waals surface area contributed by atoms with Crippen LogP contribution in [0.15, 0.2) is 22.7 Å². The Hall–Kier alpha value is -0.450. The second kappa shape index (κ2) is 4.87. The summed E-state index contributed by atoms with van der Waals surface area (Å²) in [5.41, 5.74) is 12.1. The van der Waals surface area contributed by atoms with E-state index in [9.17, 15) is 4.39 Å². The number of hydrogen-bond acceptors (Lipinski definition) is 2. The fraction of sp³-hybridized carbons (Fsp3) is 0.400. The van der Waals surface area contributed by atoms with Crippen molar-refractivity contribution < 1.29 is 4.39 Å². The molecule has 0 aliphatic heterocycles. The highest BCUT2D eigenvalue weighted by Crippen LogP contribution is 2.24. The summed E-state index contributed by atoms with van der Waals surface area (Å²) in [4.78, 5) is 0. The zero-order valence-electron chi connectivity index (χ0n) is 8.00. The first-order valence-corrected chi connectivity index (χ1v) is 5.32. The van der Waals surface area contributed by atoms with Crippen LogP contribution in [0.25, 0.3) is 0 Å². The fourth-order valence-electron chi connectivity index (χ4n) is 1.26. The van der Waals surface area contributed by atoms with Crippen molar-refractivity contribution in [2.24, 2.45) is 11.5 Å². The molecule has 2 nitrogen and oxygen atoms in total. The molecule has 0 aliphatic rings. The summed E-state index contributed by atoms with van der Waals surface area (Å²) >= 11 is 3.11. The molecule has 4 N–H and O–H groups in total. The Morgan fingerprint density at radius 2 is 2.07 bits per heavy atom. The van der Waals surface area contributed by atoms with Crippen LogP contribution in [0, 0.1) is 5.82 Å². The van der Waals surface area contributed by atoms with E-state index in [0.717, 1.165) is 6.42 Å². The minimum absolute atomic E-state index is 0.209. The third-order valence-corrected chi connectivity index (χ3v) is 2.89. The third kappa shape index (κ3) is 2.32. The molecule has 0 amide bonds. The summed E-state index contributed by atoms with van der Waals surface area (Å²) < 4.78 is 14.0. The molecule has 4 heteroatoms. The largest absolute Gasteiger partial charge is 0.326 e. The number of benzene rings is 1. The van der Waals surface area contributed by atoms with Gasteiger partial charge in [0.1, 0.15) is 5.82 Å². The second-order valence-electron chi connectivity index (χ2n) is 3.24. The van der Waals surface area contributed by atoms with Gasteiger partial charge in [-0.25, -0.2) is 4.39 Å². The van der Waals surface area contributed by atoms with Crippen molar-refractivity contribution in [3.8, 4) is 0 Å². The smallest absolute Gasteiger partial charge is 0.142 e. The van der Waals surface area contributed by atoms with Gasteiger partial charge in [0.15, 0.2) is 0 Å². The molecule has 78 valence electrons. The minimum Gasteiger partial charge on any atom is -0.326 e. The van der Waals surface area contributed by atoms with E-state index in [1.807, 2.05) is 6.92 Å². The molecular weight excluding hydrogens is 247 g/mol. The Bertz CT molecular complexity index is 317. The van der Waals surface area contributed by atoms with Crippen LogP contribution in [0.3, 0.4) is 0 Å². The highest BCUT2D eigenvalue weighted by atomic mass is 79.9. The molecular formula is C10H14BrFN2. The summed E-state index contributed by atoms with van der Waals surface area (Å²) in [6, 6.07) is 4.41. The van der Waals surface area contributed by atoms with Gasteiger partial charge < -0.3 is 11.5 Å². The molecule has 0 fully saturated rings. The Kier molecular flexibility index (Phi) is 4.04. The predicted octanol–water partition coefficient (Wildman–Crippen LogP) is 2.33. The van der Waals surface area contributed by atoms with E-state index in [1.165, 1.54) is 0 Å². The van der Waals surface area contributed by atoms with Crippen molar-refractivity contribution in [3.63, 3.8) is 0 Å². The zero-order valence-corrected chi connectivity index (χ0v) is 9.59. The van der Waals surface area contributed by atoms with Crippen LogP contribution in [0.5, 0.6) is 0 Å². The van der Waals surface area contributed by atoms with Gasteiger partial charge in [0, 0.05) is 17.6 Å². The molecule has 0 aliphatic carbocycles. The van der Waals surface area contributed by atoms with Gasteiger partial charge in [-0.05, 0) is 28.4 Å². The van der Waals surface area contributed by atoms with Gasteiger partial charge in [0.2, 0.25) is 0 Å². The molecule has 0 bridgehead atoms. The second-order valence-corrected chi connectivity index (χ2v) is 4.10. The molecule has 0 unspecified atom stereocenters. The summed E-state index contributed by atoms with van der Waals surface area (Å²) in [5, 5.41) is 0. The molecule has 0 radical (unpaired) electrons. The number of rotatable bonds is 3. The van der Waals surface area contributed by atoms with E-state index in [2.05, 4.69) is 15.9 Å². The molecule has 14 heavy (non-hydrogen) atoms. The first kappa shape index (κ1) is 11.6. The van der Waals surface area contributed by atoms with Gasteiger partial charge in [0.05, 0.1) is 4.47 Å². The molecule has 1 rings (SSSR count). The number of hydrogen-bond donors (Lipinski definition) is 2. The summed E-state index contributed by atoms with van der Waals surface area (Å²) in [5.74, 6) is -0.316. The zero-order chi connectivity index (χ0) is 10.7. The maximum absolute atomic E-state index is 13.6. The van der Waals surface area contributed by atoms with Crippen molar-refractivity contribution >= 4 is 15.9 Å². The lowest BCUT2D eigenvalue weighted by atomic mass is 9.99. The maximum atomic E-state index is 13.6. The Labute approximate surface area is 91.6 Å². The predicted molar refractivity (Wildman–Crippen MR) is 59.3 cm³/mol. The van der Waals surface area contributed by atoms with Crippen LogP contribution in [0.1, 0.15) is 24.9 Å². The van der Waals surface area contributed by atoms with Gasteiger partial charge in [-0.15, -0.1) is 0 Å². The van der Waals surface area contributed by atoms with E-state index in [4.69, 9.17) is 11.5 Å². The van der Waals surface area contributed by atoms with Crippen LogP contribution in [0.2, 0.25) is 0 Å². The third-order valence-electron chi connectivity index (χ3n) is 2.27. The van der Waals surface area contributed by atoms with Crippen molar-refractivity contribution in [3.05, 3.63) is 34.1 Å². The maximum Gasteiger partial charge on any atom is 0.142 e.